The number of carbonyl (C=O) groups excluding carboxylic acids is 1. The minimum absolute atomic E-state index is 0.0212. The molecule has 1 aliphatic rings. The molecule has 1 saturated heterocycles. The summed E-state index contributed by atoms with van der Waals surface area (Å²) in [6.45, 7) is 9.62. The van der Waals surface area contributed by atoms with Crippen LogP contribution in [0.4, 0.5) is 5.95 Å². The van der Waals surface area contributed by atoms with E-state index >= 15 is 0 Å². The summed E-state index contributed by atoms with van der Waals surface area (Å²) in [5.41, 5.74) is 0.868. The number of nitrogens with zero attached hydrogens (tertiary/aromatic N) is 3. The largest absolute Gasteiger partial charge is 0.351 e. The molecule has 1 aromatic rings. The quantitative estimate of drug-likeness (QED) is 0.896. The third kappa shape index (κ3) is 3.92. The number of amides is 1. The Morgan fingerprint density at radius 2 is 2.00 bits per heavy atom. The Morgan fingerprint density at radius 1 is 1.35 bits per heavy atom. The zero-order valence-electron chi connectivity index (χ0n) is 12.8. The third-order valence-electron chi connectivity index (χ3n) is 3.34. The highest BCUT2D eigenvalue weighted by atomic mass is 16.2. The van der Waals surface area contributed by atoms with Crippen LogP contribution in [0.3, 0.4) is 0 Å². The van der Waals surface area contributed by atoms with Crippen LogP contribution in [-0.4, -0.2) is 34.5 Å². The molecule has 0 saturated carbocycles. The summed E-state index contributed by atoms with van der Waals surface area (Å²) in [5.74, 6) is 0.881. The lowest BCUT2D eigenvalue weighted by atomic mass is 9.96. The van der Waals surface area contributed by atoms with E-state index in [2.05, 4.69) is 20.2 Å². The van der Waals surface area contributed by atoms with Gasteiger partial charge in [-0.1, -0.05) is 0 Å². The molecule has 0 aromatic carbocycles. The number of rotatable bonds is 2. The van der Waals surface area contributed by atoms with Crippen molar-refractivity contribution in [1.29, 1.82) is 0 Å². The molecule has 0 aliphatic carbocycles. The highest BCUT2D eigenvalue weighted by Crippen LogP contribution is 2.21. The van der Waals surface area contributed by atoms with E-state index < -0.39 is 0 Å². The lowest BCUT2D eigenvalue weighted by molar-refractivity contribution is -0.126. The summed E-state index contributed by atoms with van der Waals surface area (Å²) in [6, 6.07) is 0. The van der Waals surface area contributed by atoms with E-state index in [-0.39, 0.29) is 17.4 Å². The van der Waals surface area contributed by atoms with Crippen molar-refractivity contribution >= 4 is 11.9 Å². The van der Waals surface area contributed by atoms with E-state index in [0.29, 0.717) is 6.54 Å². The van der Waals surface area contributed by atoms with Gasteiger partial charge in [-0.3, -0.25) is 4.79 Å². The molecule has 0 bridgehead atoms. The van der Waals surface area contributed by atoms with Crippen LogP contribution in [0, 0.1) is 12.8 Å². The maximum Gasteiger partial charge on any atom is 0.225 e. The Hall–Kier alpha value is -1.65. The third-order valence-corrected chi connectivity index (χ3v) is 3.34. The number of carbonyl (C=O) groups is 1. The number of nitrogens with one attached hydrogen (secondary N) is 1. The van der Waals surface area contributed by atoms with Crippen molar-refractivity contribution in [2.75, 3.05) is 18.0 Å². The van der Waals surface area contributed by atoms with Crippen LogP contribution in [0.5, 0.6) is 0 Å². The fraction of sp³-hybridized carbons (Fsp3) is 0.667. The Morgan fingerprint density at radius 3 is 2.60 bits per heavy atom. The summed E-state index contributed by atoms with van der Waals surface area (Å²) >= 11 is 0. The first-order chi connectivity index (χ1) is 9.35. The summed E-state index contributed by atoms with van der Waals surface area (Å²) < 4.78 is 0. The first-order valence-corrected chi connectivity index (χ1v) is 7.21. The molecule has 1 amide bonds. The molecule has 1 unspecified atom stereocenters. The lowest BCUT2D eigenvalue weighted by Gasteiger charge is -2.33. The van der Waals surface area contributed by atoms with Gasteiger partial charge in [-0.15, -0.1) is 0 Å². The molecule has 5 heteroatoms. The summed E-state index contributed by atoms with van der Waals surface area (Å²) in [7, 11) is 0. The Bertz CT molecular complexity index is 464. The normalized spacial score (nSPS) is 19.8. The van der Waals surface area contributed by atoms with E-state index in [4.69, 9.17) is 0 Å². The zero-order valence-corrected chi connectivity index (χ0v) is 12.8. The molecule has 1 N–H and O–H groups in total. The lowest BCUT2D eigenvalue weighted by Crippen LogP contribution is -2.49. The van der Waals surface area contributed by atoms with Crippen molar-refractivity contribution in [3.8, 4) is 0 Å². The topological polar surface area (TPSA) is 58.1 Å². The fourth-order valence-corrected chi connectivity index (χ4v) is 2.39. The summed E-state index contributed by atoms with van der Waals surface area (Å²) in [6.07, 6.45) is 5.58. The van der Waals surface area contributed by atoms with Crippen LogP contribution in [0.1, 0.15) is 39.2 Å². The molecule has 2 heterocycles. The molecule has 0 radical (unpaired) electrons. The molecular formula is C15H24N4O. The van der Waals surface area contributed by atoms with Crippen LogP contribution < -0.4 is 10.2 Å². The van der Waals surface area contributed by atoms with Gasteiger partial charge in [-0.05, 0) is 46.1 Å². The molecule has 20 heavy (non-hydrogen) atoms. The van der Waals surface area contributed by atoms with Crippen molar-refractivity contribution in [2.24, 2.45) is 5.92 Å². The Kier molecular flexibility index (Phi) is 4.26. The van der Waals surface area contributed by atoms with Gasteiger partial charge in [0.25, 0.3) is 0 Å². The molecule has 1 atom stereocenters. The van der Waals surface area contributed by atoms with Crippen LogP contribution in [0.15, 0.2) is 12.4 Å². The molecule has 1 aromatic heterocycles. The van der Waals surface area contributed by atoms with E-state index in [1.165, 1.54) is 0 Å². The van der Waals surface area contributed by atoms with Gasteiger partial charge in [0.1, 0.15) is 0 Å². The van der Waals surface area contributed by atoms with E-state index in [0.717, 1.165) is 30.9 Å². The Balaban J connectivity index is 2.01. The van der Waals surface area contributed by atoms with E-state index in [1.807, 2.05) is 40.1 Å². The maximum atomic E-state index is 12.3. The second-order valence-electron chi connectivity index (χ2n) is 6.58. The van der Waals surface area contributed by atoms with Gasteiger partial charge in [0.05, 0.1) is 5.92 Å². The molecule has 5 nitrogen and oxygen atoms in total. The Labute approximate surface area is 120 Å². The van der Waals surface area contributed by atoms with Gasteiger partial charge >= 0.3 is 0 Å². The van der Waals surface area contributed by atoms with Gasteiger partial charge in [-0.2, -0.15) is 0 Å². The molecule has 0 spiro atoms. The maximum absolute atomic E-state index is 12.3. The monoisotopic (exact) mass is 276 g/mol. The molecule has 1 aliphatic heterocycles. The average Bonchev–Trinajstić information content (AvgIpc) is 2.38. The summed E-state index contributed by atoms with van der Waals surface area (Å²) in [4.78, 5) is 23.1. The predicted molar refractivity (Wildman–Crippen MR) is 79.6 cm³/mol. The minimum atomic E-state index is -0.181. The number of aromatic nitrogens is 2. The van der Waals surface area contributed by atoms with Crippen LogP contribution >= 0.6 is 0 Å². The first-order valence-electron chi connectivity index (χ1n) is 7.21. The SMILES string of the molecule is Cc1cnc(N2CCCC(C(=O)NC(C)(C)C)C2)nc1. The van der Waals surface area contributed by atoms with E-state index in [9.17, 15) is 4.79 Å². The van der Waals surface area contributed by atoms with Crippen molar-refractivity contribution < 1.29 is 4.79 Å². The molecule has 110 valence electrons. The van der Waals surface area contributed by atoms with Crippen LogP contribution in [-0.2, 0) is 4.79 Å². The van der Waals surface area contributed by atoms with Gasteiger partial charge in [0.15, 0.2) is 0 Å². The van der Waals surface area contributed by atoms with Gasteiger partial charge in [-0.25, -0.2) is 9.97 Å². The molecule has 1 fully saturated rings. The molecule has 2 rings (SSSR count). The number of anilines is 1. The van der Waals surface area contributed by atoms with Crippen molar-refractivity contribution in [3.05, 3.63) is 18.0 Å². The number of hydrogen-bond donors (Lipinski definition) is 1. The van der Waals surface area contributed by atoms with Crippen molar-refractivity contribution in [1.82, 2.24) is 15.3 Å². The van der Waals surface area contributed by atoms with Crippen molar-refractivity contribution in [3.63, 3.8) is 0 Å². The molecular weight excluding hydrogens is 252 g/mol. The van der Waals surface area contributed by atoms with Crippen molar-refractivity contribution in [2.45, 2.75) is 46.1 Å². The van der Waals surface area contributed by atoms with Gasteiger partial charge in [0, 0.05) is 31.0 Å². The smallest absolute Gasteiger partial charge is 0.225 e. The minimum Gasteiger partial charge on any atom is -0.351 e. The van der Waals surface area contributed by atoms with Crippen LogP contribution in [0.2, 0.25) is 0 Å². The van der Waals surface area contributed by atoms with Gasteiger partial charge < -0.3 is 10.2 Å². The highest BCUT2D eigenvalue weighted by molar-refractivity contribution is 5.80. The first kappa shape index (κ1) is 14.8. The van der Waals surface area contributed by atoms with Gasteiger partial charge in [0.2, 0.25) is 11.9 Å². The zero-order chi connectivity index (χ0) is 14.8. The standard InChI is InChI=1S/C15H24N4O/c1-11-8-16-14(17-9-11)19-7-5-6-12(10-19)13(20)18-15(2,3)4/h8-9,12H,5-7,10H2,1-4H3,(H,18,20). The predicted octanol–water partition coefficient (Wildman–Crippen LogP) is 1.92. The second-order valence-corrected chi connectivity index (χ2v) is 6.58. The highest BCUT2D eigenvalue weighted by Gasteiger charge is 2.28. The number of aryl methyl sites for hydroxylation is 1. The number of piperidine rings is 1. The number of hydrogen-bond acceptors (Lipinski definition) is 4. The van der Waals surface area contributed by atoms with E-state index in [1.54, 1.807) is 0 Å². The summed E-state index contributed by atoms with van der Waals surface area (Å²) in [5, 5.41) is 3.06. The average molecular weight is 276 g/mol. The van der Waals surface area contributed by atoms with Crippen LogP contribution in [0.25, 0.3) is 0 Å². The fourth-order valence-electron chi connectivity index (χ4n) is 2.39. The second kappa shape index (κ2) is 5.77.